The van der Waals surface area contributed by atoms with Gasteiger partial charge in [-0.25, -0.2) is 14.4 Å². The molecule has 1 N–H and O–H groups in total. The Morgan fingerprint density at radius 1 is 1.12 bits per heavy atom. The molecule has 0 aliphatic heterocycles. The van der Waals surface area contributed by atoms with Crippen LogP contribution in [0.5, 0.6) is 0 Å². The maximum absolute atomic E-state index is 12.9. The van der Waals surface area contributed by atoms with Gasteiger partial charge < -0.3 is 5.32 Å². The summed E-state index contributed by atoms with van der Waals surface area (Å²) in [6, 6.07) is 13.8. The molecule has 0 spiro atoms. The fraction of sp³-hybridized carbons (Fsp3) is 0.167. The summed E-state index contributed by atoms with van der Waals surface area (Å²) in [5, 5.41) is 4.57. The molecule has 0 bridgehead atoms. The number of amides is 1. The third-order valence-electron chi connectivity index (χ3n) is 3.42. The van der Waals surface area contributed by atoms with Crippen molar-refractivity contribution in [2.75, 3.05) is 5.75 Å². The minimum Gasteiger partial charge on any atom is -0.351 e. The zero-order valence-corrected chi connectivity index (χ0v) is 13.9. The highest BCUT2D eigenvalue weighted by Gasteiger charge is 2.09. The van der Waals surface area contributed by atoms with Gasteiger partial charge in [0.25, 0.3) is 0 Å². The van der Waals surface area contributed by atoms with E-state index in [1.165, 1.54) is 23.9 Å². The summed E-state index contributed by atoms with van der Waals surface area (Å²) in [6.07, 6.45) is 0. The number of hydrogen-bond acceptors (Lipinski definition) is 4. The number of nitrogens with one attached hydrogen (secondary N) is 1. The normalized spacial score (nSPS) is 10.8. The maximum Gasteiger partial charge on any atom is 0.230 e. The lowest BCUT2D eigenvalue weighted by atomic mass is 10.2. The van der Waals surface area contributed by atoms with E-state index in [9.17, 15) is 9.18 Å². The summed E-state index contributed by atoms with van der Waals surface area (Å²) < 4.78 is 12.9. The highest BCUT2D eigenvalue weighted by atomic mass is 32.2. The van der Waals surface area contributed by atoms with E-state index in [1.807, 2.05) is 31.2 Å². The number of carbonyl (C=O) groups is 1. The Hall–Kier alpha value is -2.47. The van der Waals surface area contributed by atoms with Crippen LogP contribution in [0.2, 0.25) is 0 Å². The minimum absolute atomic E-state index is 0.0929. The van der Waals surface area contributed by atoms with E-state index in [2.05, 4.69) is 15.3 Å². The molecular formula is C18H16FN3OS. The van der Waals surface area contributed by atoms with Crippen LogP contribution < -0.4 is 5.32 Å². The number of fused-ring (bicyclic) bond motifs is 1. The maximum atomic E-state index is 12.9. The Morgan fingerprint density at radius 2 is 1.88 bits per heavy atom. The second-order valence-electron chi connectivity index (χ2n) is 5.28. The number of aryl methyl sites for hydroxylation is 1. The third-order valence-corrected chi connectivity index (χ3v) is 4.41. The van der Waals surface area contributed by atoms with Crippen LogP contribution >= 0.6 is 11.8 Å². The lowest BCUT2D eigenvalue weighted by Gasteiger charge is -2.07. The quantitative estimate of drug-likeness (QED) is 0.570. The zero-order valence-electron chi connectivity index (χ0n) is 13.1. The van der Waals surface area contributed by atoms with Crippen LogP contribution in [0.1, 0.15) is 11.4 Å². The molecule has 0 fully saturated rings. The number of hydrogen-bond donors (Lipinski definition) is 1. The Morgan fingerprint density at radius 3 is 2.67 bits per heavy atom. The summed E-state index contributed by atoms with van der Waals surface area (Å²) in [4.78, 5) is 20.9. The third kappa shape index (κ3) is 4.08. The Labute approximate surface area is 143 Å². The summed E-state index contributed by atoms with van der Waals surface area (Å²) in [7, 11) is 0. The Balaban J connectivity index is 1.61. The van der Waals surface area contributed by atoms with Gasteiger partial charge in [0.15, 0.2) is 0 Å². The monoisotopic (exact) mass is 341 g/mol. The van der Waals surface area contributed by atoms with Crippen LogP contribution in [-0.4, -0.2) is 21.6 Å². The molecule has 0 unspecified atom stereocenters. The van der Waals surface area contributed by atoms with Crippen LogP contribution in [0.15, 0.2) is 53.6 Å². The van der Waals surface area contributed by atoms with Crippen molar-refractivity contribution in [3.05, 3.63) is 65.7 Å². The van der Waals surface area contributed by atoms with Gasteiger partial charge in [-0.1, -0.05) is 42.1 Å². The summed E-state index contributed by atoms with van der Waals surface area (Å²) in [5.74, 6) is 0.570. The molecule has 24 heavy (non-hydrogen) atoms. The lowest BCUT2D eigenvalue weighted by molar-refractivity contribution is -0.118. The van der Waals surface area contributed by atoms with Crippen LogP contribution in [0.25, 0.3) is 10.9 Å². The second kappa shape index (κ2) is 7.40. The molecule has 0 saturated heterocycles. The first-order chi connectivity index (χ1) is 11.6. The smallest absolute Gasteiger partial charge is 0.230 e. The van der Waals surface area contributed by atoms with Gasteiger partial charge in [-0.2, -0.15) is 0 Å². The molecule has 1 heterocycles. The van der Waals surface area contributed by atoms with Crippen molar-refractivity contribution < 1.29 is 9.18 Å². The van der Waals surface area contributed by atoms with Crippen LogP contribution in [-0.2, 0) is 11.3 Å². The number of halogens is 1. The van der Waals surface area contributed by atoms with Gasteiger partial charge >= 0.3 is 0 Å². The molecule has 3 rings (SSSR count). The molecule has 0 aliphatic rings. The number of thioether (sulfide) groups is 1. The van der Waals surface area contributed by atoms with Gasteiger partial charge in [0, 0.05) is 11.9 Å². The van der Waals surface area contributed by atoms with Crippen molar-refractivity contribution in [1.82, 2.24) is 15.3 Å². The predicted molar refractivity (Wildman–Crippen MR) is 93.2 cm³/mol. The number of aromatic nitrogens is 2. The average molecular weight is 341 g/mol. The molecule has 1 aromatic heterocycles. The Kier molecular flexibility index (Phi) is 5.05. The van der Waals surface area contributed by atoms with E-state index in [4.69, 9.17) is 0 Å². The molecule has 0 atom stereocenters. The molecule has 0 saturated carbocycles. The fourth-order valence-corrected chi connectivity index (χ4v) is 3.15. The molecule has 122 valence electrons. The fourth-order valence-electron chi connectivity index (χ4n) is 2.26. The van der Waals surface area contributed by atoms with Gasteiger partial charge in [-0.3, -0.25) is 4.79 Å². The van der Waals surface area contributed by atoms with E-state index in [0.717, 1.165) is 21.5 Å². The van der Waals surface area contributed by atoms with Crippen molar-refractivity contribution in [2.24, 2.45) is 0 Å². The standard InChI is InChI=1S/C18H16FN3OS/c1-12-21-16-5-3-2-4-15(16)18(22-12)24-11-17(23)20-10-13-6-8-14(19)9-7-13/h2-9H,10-11H2,1H3,(H,20,23). The summed E-state index contributed by atoms with van der Waals surface area (Å²) in [5.41, 5.74) is 1.73. The first-order valence-corrected chi connectivity index (χ1v) is 8.48. The van der Waals surface area contributed by atoms with Crippen LogP contribution in [0.4, 0.5) is 4.39 Å². The molecule has 6 heteroatoms. The van der Waals surface area contributed by atoms with Crippen LogP contribution in [0, 0.1) is 12.7 Å². The number of benzene rings is 2. The zero-order chi connectivity index (χ0) is 16.9. The van der Waals surface area contributed by atoms with Gasteiger partial charge in [0.1, 0.15) is 16.7 Å². The number of carbonyl (C=O) groups excluding carboxylic acids is 1. The van der Waals surface area contributed by atoms with E-state index in [0.29, 0.717) is 12.4 Å². The molecule has 2 aromatic carbocycles. The average Bonchev–Trinajstić information content (AvgIpc) is 2.59. The van der Waals surface area contributed by atoms with Gasteiger partial charge in [0.2, 0.25) is 5.91 Å². The molecular weight excluding hydrogens is 325 g/mol. The molecule has 3 aromatic rings. The largest absolute Gasteiger partial charge is 0.351 e. The minimum atomic E-state index is -0.286. The highest BCUT2D eigenvalue weighted by molar-refractivity contribution is 8.00. The lowest BCUT2D eigenvalue weighted by Crippen LogP contribution is -2.24. The first-order valence-electron chi connectivity index (χ1n) is 7.49. The van der Waals surface area contributed by atoms with E-state index < -0.39 is 0 Å². The molecule has 4 nitrogen and oxygen atoms in total. The van der Waals surface area contributed by atoms with Crippen LogP contribution in [0.3, 0.4) is 0 Å². The number of nitrogens with zero attached hydrogens (tertiary/aromatic N) is 2. The SMILES string of the molecule is Cc1nc(SCC(=O)NCc2ccc(F)cc2)c2ccccc2n1. The number of rotatable bonds is 5. The van der Waals surface area contributed by atoms with E-state index in [-0.39, 0.29) is 17.5 Å². The summed E-state index contributed by atoms with van der Waals surface area (Å²) >= 11 is 1.39. The van der Waals surface area contributed by atoms with Crippen molar-refractivity contribution in [2.45, 2.75) is 18.5 Å². The number of para-hydroxylation sites is 1. The van der Waals surface area contributed by atoms with Crippen molar-refractivity contribution >= 4 is 28.6 Å². The predicted octanol–water partition coefficient (Wildman–Crippen LogP) is 3.49. The van der Waals surface area contributed by atoms with Gasteiger partial charge in [-0.05, 0) is 30.7 Å². The molecule has 0 aliphatic carbocycles. The van der Waals surface area contributed by atoms with E-state index >= 15 is 0 Å². The topological polar surface area (TPSA) is 54.9 Å². The summed E-state index contributed by atoms with van der Waals surface area (Å²) in [6.45, 7) is 2.22. The van der Waals surface area contributed by atoms with Crippen molar-refractivity contribution in [3.63, 3.8) is 0 Å². The second-order valence-corrected chi connectivity index (χ2v) is 6.25. The van der Waals surface area contributed by atoms with Gasteiger partial charge in [-0.15, -0.1) is 0 Å². The van der Waals surface area contributed by atoms with Crippen molar-refractivity contribution in [1.29, 1.82) is 0 Å². The first kappa shape index (κ1) is 16.4. The molecule has 0 radical (unpaired) electrons. The van der Waals surface area contributed by atoms with Crippen molar-refractivity contribution in [3.8, 4) is 0 Å². The highest BCUT2D eigenvalue weighted by Crippen LogP contribution is 2.24. The van der Waals surface area contributed by atoms with Gasteiger partial charge in [0.05, 0.1) is 11.3 Å². The van der Waals surface area contributed by atoms with E-state index in [1.54, 1.807) is 12.1 Å². The Bertz CT molecular complexity index is 868. The molecule has 1 amide bonds.